The minimum atomic E-state index is 0.215. The average Bonchev–Trinajstić information content (AvgIpc) is 2.78. The van der Waals surface area contributed by atoms with E-state index in [2.05, 4.69) is 40.2 Å². The lowest BCUT2D eigenvalue weighted by atomic mass is 9.90. The largest absolute Gasteiger partial charge is 0.497 e. The second-order valence-corrected chi connectivity index (χ2v) is 7.75. The summed E-state index contributed by atoms with van der Waals surface area (Å²) in [4.78, 5) is 8.16. The highest BCUT2D eigenvalue weighted by Crippen LogP contribution is 2.23. The Kier molecular flexibility index (Phi) is 8.10. The van der Waals surface area contributed by atoms with Crippen molar-refractivity contribution in [2.45, 2.75) is 25.7 Å². The Balaban J connectivity index is 1.49. The molecule has 0 atom stereocenters. The van der Waals surface area contributed by atoms with Gasteiger partial charge in [0.2, 0.25) is 12.2 Å². The maximum atomic E-state index is 8.92. The monoisotopic (exact) mass is 405 g/mol. The number of hydrogen-bond acceptors (Lipinski definition) is 4. The van der Waals surface area contributed by atoms with E-state index in [9.17, 15) is 0 Å². The Morgan fingerprint density at radius 1 is 1.20 bits per heavy atom. The van der Waals surface area contributed by atoms with Crippen LogP contribution in [0.1, 0.15) is 24.8 Å². The highest BCUT2D eigenvalue weighted by molar-refractivity contribution is 5.95. The number of nitrogens with two attached hydrogens (primary N) is 1. The molecule has 0 unspecified atom stereocenters. The van der Waals surface area contributed by atoms with Crippen LogP contribution in [-0.2, 0) is 6.42 Å². The van der Waals surface area contributed by atoms with Gasteiger partial charge in [0.15, 0.2) is 0 Å². The lowest BCUT2D eigenvalue weighted by Gasteiger charge is -2.32. The van der Waals surface area contributed by atoms with Crippen molar-refractivity contribution in [3.63, 3.8) is 0 Å². The van der Waals surface area contributed by atoms with E-state index < -0.39 is 0 Å². The van der Waals surface area contributed by atoms with Gasteiger partial charge in [-0.15, -0.1) is 4.99 Å². The molecule has 6 nitrogen and oxygen atoms in total. The summed E-state index contributed by atoms with van der Waals surface area (Å²) in [6, 6.07) is 18.5. The van der Waals surface area contributed by atoms with Crippen LogP contribution in [0.2, 0.25) is 0 Å². The number of nitrogens with zero attached hydrogens (tertiary/aromatic N) is 4. The van der Waals surface area contributed by atoms with Gasteiger partial charge in [-0.3, -0.25) is 0 Å². The zero-order valence-corrected chi connectivity index (χ0v) is 17.7. The number of hydrogen-bond donors (Lipinski definition) is 1. The van der Waals surface area contributed by atoms with Gasteiger partial charge in [-0.05, 0) is 68.9 Å². The van der Waals surface area contributed by atoms with Crippen LogP contribution in [0.3, 0.4) is 0 Å². The van der Waals surface area contributed by atoms with Crippen LogP contribution in [0, 0.1) is 17.4 Å². The van der Waals surface area contributed by atoms with E-state index in [-0.39, 0.29) is 5.96 Å². The van der Waals surface area contributed by atoms with Gasteiger partial charge in [0.1, 0.15) is 5.75 Å². The van der Waals surface area contributed by atoms with Crippen LogP contribution in [0.4, 0.5) is 5.69 Å². The molecule has 2 N–H and O–H groups in total. The summed E-state index contributed by atoms with van der Waals surface area (Å²) in [6.45, 7) is 3.99. The third-order valence-electron chi connectivity index (χ3n) is 5.74. The van der Waals surface area contributed by atoms with Crippen molar-refractivity contribution in [1.29, 1.82) is 5.26 Å². The molecule has 3 rings (SSSR count). The van der Waals surface area contributed by atoms with Crippen LogP contribution in [-0.4, -0.2) is 44.1 Å². The van der Waals surface area contributed by atoms with E-state index in [0.29, 0.717) is 6.54 Å². The molecule has 30 heavy (non-hydrogen) atoms. The predicted molar refractivity (Wildman–Crippen MR) is 122 cm³/mol. The van der Waals surface area contributed by atoms with Crippen molar-refractivity contribution in [3.8, 4) is 11.9 Å². The van der Waals surface area contributed by atoms with E-state index in [1.165, 1.54) is 24.8 Å². The molecule has 1 aliphatic rings. The first-order valence-corrected chi connectivity index (χ1v) is 10.6. The molecule has 0 spiro atoms. The zero-order valence-electron chi connectivity index (χ0n) is 17.7. The minimum Gasteiger partial charge on any atom is -0.497 e. The van der Waals surface area contributed by atoms with Crippen molar-refractivity contribution in [2.24, 2.45) is 16.6 Å². The lowest BCUT2D eigenvalue weighted by molar-refractivity contribution is 0.183. The number of benzene rings is 2. The van der Waals surface area contributed by atoms with E-state index in [0.717, 1.165) is 43.4 Å². The summed E-state index contributed by atoms with van der Waals surface area (Å²) >= 11 is 0. The predicted octanol–water partition coefficient (Wildman–Crippen LogP) is 3.64. The molecule has 6 heteroatoms. The van der Waals surface area contributed by atoms with E-state index in [1.54, 1.807) is 13.3 Å². The van der Waals surface area contributed by atoms with Crippen molar-refractivity contribution >= 4 is 11.6 Å². The smallest absolute Gasteiger partial charge is 0.211 e. The third kappa shape index (κ3) is 6.23. The molecule has 1 aliphatic heterocycles. The van der Waals surface area contributed by atoms with Gasteiger partial charge in [-0.2, -0.15) is 5.26 Å². The van der Waals surface area contributed by atoms with Crippen molar-refractivity contribution < 1.29 is 4.74 Å². The van der Waals surface area contributed by atoms with E-state index >= 15 is 0 Å². The molecule has 2 aromatic carbocycles. The second kappa shape index (κ2) is 11.2. The van der Waals surface area contributed by atoms with Gasteiger partial charge in [0.25, 0.3) is 0 Å². The van der Waals surface area contributed by atoms with Crippen LogP contribution in [0.25, 0.3) is 0 Å². The van der Waals surface area contributed by atoms with Crippen molar-refractivity contribution in [3.05, 3.63) is 60.2 Å². The fourth-order valence-electron chi connectivity index (χ4n) is 4.08. The number of aliphatic imine (C=N–C) groups is 1. The summed E-state index contributed by atoms with van der Waals surface area (Å²) < 4.78 is 5.32. The normalized spacial score (nSPS) is 15.5. The highest BCUT2D eigenvalue weighted by Gasteiger charge is 2.20. The number of anilines is 1. The van der Waals surface area contributed by atoms with Gasteiger partial charge in [0, 0.05) is 18.3 Å². The Hall–Kier alpha value is -3.04. The van der Waals surface area contributed by atoms with Gasteiger partial charge in [-0.1, -0.05) is 36.4 Å². The lowest BCUT2D eigenvalue weighted by Crippen LogP contribution is -2.40. The molecule has 0 saturated carbocycles. The molecule has 1 fully saturated rings. The molecule has 158 valence electrons. The van der Waals surface area contributed by atoms with Crippen molar-refractivity contribution in [2.75, 3.05) is 38.2 Å². The number of likely N-dealkylation sites (tertiary alicyclic amines) is 1. The molecule has 0 bridgehead atoms. The highest BCUT2D eigenvalue weighted by atomic mass is 16.5. The quantitative estimate of drug-likeness (QED) is 0.412. The fourth-order valence-corrected chi connectivity index (χ4v) is 4.08. The molecule has 1 saturated heterocycles. The van der Waals surface area contributed by atoms with Gasteiger partial charge in [0.05, 0.1) is 7.11 Å². The fraction of sp³-hybridized carbons (Fsp3) is 0.417. The van der Waals surface area contributed by atoms with Crippen LogP contribution >= 0.6 is 0 Å². The van der Waals surface area contributed by atoms with Gasteiger partial charge >= 0.3 is 0 Å². The summed E-state index contributed by atoms with van der Waals surface area (Å²) in [5, 5.41) is 8.92. The first kappa shape index (κ1) is 21.7. The number of nitriles is 1. The molecule has 0 aliphatic carbocycles. The maximum absolute atomic E-state index is 8.92. The number of piperidine rings is 1. The molecular weight excluding hydrogens is 374 g/mol. The molecular formula is C24H31N5O. The van der Waals surface area contributed by atoms with E-state index in [4.69, 9.17) is 15.7 Å². The van der Waals surface area contributed by atoms with Crippen molar-refractivity contribution in [1.82, 2.24) is 4.90 Å². The first-order chi connectivity index (χ1) is 14.7. The summed E-state index contributed by atoms with van der Waals surface area (Å²) in [5.74, 6) is 1.74. The Labute approximate surface area is 179 Å². The van der Waals surface area contributed by atoms with Crippen LogP contribution in [0.15, 0.2) is 59.6 Å². The Morgan fingerprint density at radius 3 is 2.67 bits per heavy atom. The Bertz CT molecular complexity index is 853. The zero-order chi connectivity index (χ0) is 21.2. The SMILES string of the molecule is COc1cccc(N(CCCN2CCC(Cc3ccccc3)CC2)C(N)=NC#N)c1. The molecule has 0 amide bonds. The summed E-state index contributed by atoms with van der Waals surface area (Å²) in [6.07, 6.45) is 6.40. The van der Waals surface area contributed by atoms with Gasteiger partial charge < -0.3 is 20.3 Å². The van der Waals surface area contributed by atoms with E-state index in [1.807, 2.05) is 29.2 Å². The molecule has 1 heterocycles. The molecule has 0 radical (unpaired) electrons. The van der Waals surface area contributed by atoms with Crippen LogP contribution < -0.4 is 15.4 Å². The maximum Gasteiger partial charge on any atom is 0.211 e. The second-order valence-electron chi connectivity index (χ2n) is 7.75. The number of methoxy groups -OCH3 is 1. The molecule has 0 aromatic heterocycles. The number of ether oxygens (including phenoxy) is 1. The Morgan fingerprint density at radius 2 is 1.97 bits per heavy atom. The number of rotatable bonds is 8. The standard InChI is InChI=1S/C24H31N5O/c1-30-23-10-5-9-22(18-23)29(24(26)27-19-25)14-6-13-28-15-11-21(12-16-28)17-20-7-3-2-4-8-20/h2-5,7-10,18,21H,6,11-17H2,1H3,(H2,26,27). The summed E-state index contributed by atoms with van der Waals surface area (Å²) in [7, 11) is 1.64. The van der Waals surface area contributed by atoms with Crippen LogP contribution in [0.5, 0.6) is 5.75 Å². The molecule has 2 aromatic rings. The summed E-state index contributed by atoms with van der Waals surface area (Å²) in [5.41, 5.74) is 8.39. The first-order valence-electron chi connectivity index (χ1n) is 10.6. The number of guanidine groups is 1. The minimum absolute atomic E-state index is 0.215. The topological polar surface area (TPSA) is 77.9 Å². The van der Waals surface area contributed by atoms with Gasteiger partial charge in [-0.25, -0.2) is 0 Å². The average molecular weight is 406 g/mol. The third-order valence-corrected chi connectivity index (χ3v) is 5.74.